The number of carbonyl (C=O) groups excluding carboxylic acids is 4. The lowest BCUT2D eigenvalue weighted by Crippen LogP contribution is -2.60. The van der Waals surface area contributed by atoms with Crippen LogP contribution in [0.1, 0.15) is 87.5 Å². The quantitative estimate of drug-likeness (QED) is 0.156. The molecule has 0 unspecified atom stereocenters. The average Bonchev–Trinajstić information content (AvgIpc) is 4.06. The molecule has 3 aromatic rings. The summed E-state index contributed by atoms with van der Waals surface area (Å²) in [7, 11) is -2.50. The Labute approximate surface area is 353 Å². The van der Waals surface area contributed by atoms with E-state index >= 15 is 0 Å². The van der Waals surface area contributed by atoms with Crippen molar-refractivity contribution in [3.63, 3.8) is 0 Å². The van der Waals surface area contributed by atoms with Gasteiger partial charge in [0.1, 0.15) is 40.8 Å². The number of fused-ring (bicyclic) bond motifs is 1. The van der Waals surface area contributed by atoms with Crippen LogP contribution in [0.4, 0.5) is 4.79 Å². The Balaban J connectivity index is 1.34. The van der Waals surface area contributed by atoms with Gasteiger partial charge in [-0.25, -0.2) is 18.2 Å². The molecule has 4 amide bonds. The number of hydrogen-bond acceptors (Lipinski definition) is 10. The summed E-state index contributed by atoms with van der Waals surface area (Å²) in [4.78, 5) is 62.8. The van der Waals surface area contributed by atoms with Crippen LogP contribution in [0, 0.1) is 17.3 Å². The third-order valence-electron chi connectivity index (χ3n) is 11.4. The minimum Gasteiger partial charge on any atom is -0.497 e. The number of nitrogens with one attached hydrogen (secondary N) is 3. The fourth-order valence-corrected chi connectivity index (χ4v) is 9.91. The van der Waals surface area contributed by atoms with Crippen LogP contribution in [0.15, 0.2) is 67.3 Å². The standard InChI is InChI=1S/C45H59N5O9S/c1-11-29-25-45(29,40(53)49-60(55,56)44(19-20-44)24-27(2)3)48-38(51)35-22-31(26-50(35)39(52)37(42(4,5)6)47-41(54)59-43(7,8)9)58-36-23-33(28-15-13-12-14-16-28)46-34-21-30(57-10)17-18-32(34)36/h11-18,21,23,27,29,31,35,37H,1,19-20,22,24-26H2,2-10H3,(H,47,54)(H,48,51)(H,49,53)/t29-,31+,35-,37+,45-/m0/s1. The van der Waals surface area contributed by atoms with E-state index in [2.05, 4.69) is 21.9 Å². The third-order valence-corrected chi connectivity index (χ3v) is 13.6. The highest BCUT2D eigenvalue weighted by Gasteiger charge is 2.63. The topological polar surface area (TPSA) is 182 Å². The molecule has 14 nitrogen and oxygen atoms in total. The Bertz CT molecular complexity index is 2260. The first-order valence-electron chi connectivity index (χ1n) is 20.5. The van der Waals surface area contributed by atoms with Gasteiger partial charge in [0.2, 0.25) is 21.8 Å². The van der Waals surface area contributed by atoms with Gasteiger partial charge in [-0.15, -0.1) is 6.58 Å². The Morgan fingerprint density at radius 2 is 1.70 bits per heavy atom. The first-order chi connectivity index (χ1) is 28.0. The van der Waals surface area contributed by atoms with Crippen LogP contribution in [0.2, 0.25) is 0 Å². The molecule has 0 radical (unpaired) electrons. The van der Waals surface area contributed by atoms with Crippen molar-refractivity contribution in [2.24, 2.45) is 17.3 Å². The molecule has 15 heteroatoms. The Morgan fingerprint density at radius 1 is 1.02 bits per heavy atom. The number of aromatic nitrogens is 1. The number of methoxy groups -OCH3 is 1. The number of rotatable bonds is 14. The zero-order valence-electron chi connectivity index (χ0n) is 36.1. The van der Waals surface area contributed by atoms with Crippen molar-refractivity contribution < 1.29 is 41.8 Å². The van der Waals surface area contributed by atoms with Gasteiger partial charge in [-0.1, -0.05) is 71.0 Å². The summed E-state index contributed by atoms with van der Waals surface area (Å²) in [6.45, 7) is 18.2. The largest absolute Gasteiger partial charge is 0.497 e. The van der Waals surface area contributed by atoms with Crippen molar-refractivity contribution in [1.82, 2.24) is 25.2 Å². The van der Waals surface area contributed by atoms with E-state index in [0.29, 0.717) is 47.4 Å². The van der Waals surface area contributed by atoms with Crippen LogP contribution in [-0.2, 0) is 29.1 Å². The number of hydrogen-bond donors (Lipinski definition) is 3. The van der Waals surface area contributed by atoms with E-state index in [1.54, 1.807) is 60.8 Å². The van der Waals surface area contributed by atoms with Crippen molar-refractivity contribution in [3.05, 3.63) is 67.3 Å². The van der Waals surface area contributed by atoms with E-state index < -0.39 is 79.2 Å². The molecule has 6 rings (SSSR count). The van der Waals surface area contributed by atoms with Crippen LogP contribution >= 0.6 is 0 Å². The molecule has 2 aliphatic carbocycles. The summed E-state index contributed by atoms with van der Waals surface area (Å²) in [5.74, 6) is -1.47. The second-order valence-electron chi connectivity index (χ2n) is 18.9. The van der Waals surface area contributed by atoms with Crippen LogP contribution in [0.3, 0.4) is 0 Å². The SMILES string of the molecule is C=C[C@H]1C[C@@]1(NC(=O)[C@@H]1C[C@@H](Oc2cc(-c3ccccc3)nc3cc(OC)ccc23)CN1C(=O)[C@@H](NC(=O)OC(C)(C)C)C(C)(C)C)C(=O)NS(=O)(=O)C1(CC(C)C)CC1. The second kappa shape index (κ2) is 16.4. The summed E-state index contributed by atoms with van der Waals surface area (Å²) >= 11 is 0. The molecule has 2 heterocycles. The first-order valence-corrected chi connectivity index (χ1v) is 22.0. The van der Waals surface area contributed by atoms with Gasteiger partial charge in [0.05, 0.1) is 29.6 Å². The highest BCUT2D eigenvalue weighted by atomic mass is 32.2. The molecule has 3 fully saturated rings. The minimum absolute atomic E-state index is 0.00771. The summed E-state index contributed by atoms with van der Waals surface area (Å²) in [6, 6.07) is 14.5. The normalized spacial score (nSPS) is 22.7. The number of carbonyl (C=O) groups is 4. The predicted octanol–water partition coefficient (Wildman–Crippen LogP) is 6.28. The molecule has 0 spiro atoms. The van der Waals surface area contributed by atoms with E-state index in [9.17, 15) is 27.6 Å². The van der Waals surface area contributed by atoms with Crippen molar-refractivity contribution in [2.45, 2.75) is 122 Å². The van der Waals surface area contributed by atoms with Gasteiger partial charge in [0.15, 0.2) is 0 Å². The molecule has 0 bridgehead atoms. The zero-order chi connectivity index (χ0) is 44.0. The maximum atomic E-state index is 14.8. The molecular weight excluding hydrogens is 787 g/mol. The number of ether oxygens (including phenoxy) is 3. The smallest absolute Gasteiger partial charge is 0.408 e. The molecule has 1 aromatic heterocycles. The summed E-state index contributed by atoms with van der Waals surface area (Å²) in [6.07, 6.45) is 1.40. The number of likely N-dealkylation sites (tertiary alicyclic amines) is 1. The maximum Gasteiger partial charge on any atom is 0.408 e. The molecule has 2 aromatic carbocycles. The van der Waals surface area contributed by atoms with E-state index in [1.807, 2.05) is 56.3 Å². The number of alkyl carbamates (subject to hydrolysis) is 1. The monoisotopic (exact) mass is 845 g/mol. The predicted molar refractivity (Wildman–Crippen MR) is 229 cm³/mol. The van der Waals surface area contributed by atoms with Gasteiger partial charge in [0.25, 0.3) is 5.91 Å². The highest BCUT2D eigenvalue weighted by molar-refractivity contribution is 7.91. The first kappa shape index (κ1) is 44.4. The van der Waals surface area contributed by atoms with Crippen molar-refractivity contribution in [2.75, 3.05) is 13.7 Å². The number of amides is 4. The lowest BCUT2D eigenvalue weighted by molar-refractivity contribution is -0.143. The van der Waals surface area contributed by atoms with Gasteiger partial charge >= 0.3 is 6.09 Å². The Kier molecular flexibility index (Phi) is 12.1. The molecule has 60 heavy (non-hydrogen) atoms. The van der Waals surface area contributed by atoms with E-state index in [1.165, 1.54) is 11.0 Å². The number of benzene rings is 2. The van der Waals surface area contributed by atoms with Crippen LogP contribution in [-0.4, -0.2) is 89.8 Å². The summed E-state index contributed by atoms with van der Waals surface area (Å²) < 4.78 is 46.3. The molecule has 3 aliphatic rings. The van der Waals surface area contributed by atoms with Crippen molar-refractivity contribution >= 4 is 44.7 Å². The lowest BCUT2D eigenvalue weighted by Gasteiger charge is -2.36. The molecule has 3 N–H and O–H groups in total. The second-order valence-corrected chi connectivity index (χ2v) is 21.0. The lowest BCUT2D eigenvalue weighted by atomic mass is 9.85. The number of sulfonamides is 1. The highest BCUT2D eigenvalue weighted by Crippen LogP contribution is 2.50. The van der Waals surface area contributed by atoms with E-state index in [-0.39, 0.29) is 25.3 Å². The molecule has 324 valence electrons. The number of pyridine rings is 1. The van der Waals surface area contributed by atoms with Crippen LogP contribution in [0.5, 0.6) is 11.5 Å². The van der Waals surface area contributed by atoms with Gasteiger partial charge in [-0.05, 0) is 69.9 Å². The van der Waals surface area contributed by atoms with E-state index in [0.717, 1.165) is 5.56 Å². The Hall–Kier alpha value is -5.18. The van der Waals surface area contributed by atoms with Gasteiger partial charge < -0.3 is 29.7 Å². The summed E-state index contributed by atoms with van der Waals surface area (Å²) in [5, 5.41) is 6.28. The fourth-order valence-electron chi connectivity index (χ4n) is 8.08. The van der Waals surface area contributed by atoms with Gasteiger partial charge in [-0.3, -0.25) is 19.1 Å². The number of nitrogens with zero attached hydrogens (tertiary/aromatic N) is 2. The molecular formula is C45H59N5O9S. The zero-order valence-corrected chi connectivity index (χ0v) is 36.9. The molecule has 5 atom stereocenters. The molecule has 2 saturated carbocycles. The fraction of sp³-hybridized carbons (Fsp3) is 0.533. The maximum absolute atomic E-state index is 14.8. The van der Waals surface area contributed by atoms with Crippen LogP contribution in [0.25, 0.3) is 22.2 Å². The Morgan fingerprint density at radius 3 is 2.27 bits per heavy atom. The summed E-state index contributed by atoms with van der Waals surface area (Å²) in [5.41, 5.74) is -1.20. The van der Waals surface area contributed by atoms with Crippen molar-refractivity contribution in [1.29, 1.82) is 0 Å². The van der Waals surface area contributed by atoms with E-state index in [4.69, 9.17) is 19.2 Å². The average molecular weight is 846 g/mol. The van der Waals surface area contributed by atoms with Gasteiger partial charge in [-0.2, -0.15) is 0 Å². The van der Waals surface area contributed by atoms with Gasteiger partial charge in [0, 0.05) is 35.4 Å². The van der Waals surface area contributed by atoms with Crippen molar-refractivity contribution in [3.8, 4) is 22.8 Å². The minimum atomic E-state index is -4.07. The van der Waals surface area contributed by atoms with Crippen LogP contribution < -0.4 is 24.8 Å². The molecule has 1 aliphatic heterocycles. The molecule has 1 saturated heterocycles. The third kappa shape index (κ3) is 9.40.